The van der Waals surface area contributed by atoms with Crippen LogP contribution in [0.1, 0.15) is 44.7 Å². The highest BCUT2D eigenvalue weighted by atomic mass is 127. The Bertz CT molecular complexity index is 674. The maximum Gasteiger partial charge on any atom is 0.193 e. The van der Waals surface area contributed by atoms with Crippen LogP contribution in [0, 0.1) is 11.8 Å². The first-order chi connectivity index (χ1) is 14.1. The van der Waals surface area contributed by atoms with E-state index in [1.54, 1.807) is 0 Å². The number of benzene rings is 1. The third-order valence-corrected chi connectivity index (χ3v) is 6.39. The van der Waals surface area contributed by atoms with Gasteiger partial charge in [0, 0.05) is 49.8 Å². The van der Waals surface area contributed by atoms with Crippen LogP contribution in [-0.4, -0.2) is 68.7 Å². The number of nitrogens with one attached hydrogen (secondary N) is 1. The Labute approximate surface area is 204 Å². The monoisotopic (exact) mass is 548 g/mol. The number of hydrogen-bond donors (Lipinski definition) is 1. The van der Waals surface area contributed by atoms with Gasteiger partial charge in [-0.2, -0.15) is 0 Å². The van der Waals surface area contributed by atoms with Crippen molar-refractivity contribution in [2.75, 3.05) is 53.0 Å². The molecule has 2 fully saturated rings. The summed E-state index contributed by atoms with van der Waals surface area (Å²) in [5, 5.41) is 4.33. The third-order valence-electron chi connectivity index (χ3n) is 6.15. The normalized spacial score (nSPS) is 25.3. The molecule has 0 radical (unpaired) electrons. The fraction of sp³-hybridized carbons (Fsp3) is 0.696. The van der Waals surface area contributed by atoms with Gasteiger partial charge in [0.05, 0.1) is 6.61 Å². The van der Waals surface area contributed by atoms with Gasteiger partial charge >= 0.3 is 0 Å². The van der Waals surface area contributed by atoms with Crippen LogP contribution < -0.4 is 5.32 Å². The highest BCUT2D eigenvalue weighted by molar-refractivity contribution is 14.0. The molecule has 1 aromatic rings. The summed E-state index contributed by atoms with van der Waals surface area (Å²) < 4.78 is 5.64. The summed E-state index contributed by atoms with van der Waals surface area (Å²) in [5.41, 5.74) is 1.31. The molecule has 2 aliphatic rings. The summed E-state index contributed by atoms with van der Waals surface area (Å²) in [6.07, 6.45) is 3.61. The van der Waals surface area contributed by atoms with Gasteiger partial charge in [0.1, 0.15) is 0 Å². The van der Waals surface area contributed by atoms with Crippen LogP contribution in [0.4, 0.5) is 0 Å². The molecule has 0 saturated carbocycles. The summed E-state index contributed by atoms with van der Waals surface area (Å²) in [6.45, 7) is 10.8. The predicted molar refractivity (Wildman–Crippen MR) is 137 cm³/mol. The summed E-state index contributed by atoms with van der Waals surface area (Å²) in [4.78, 5) is 9.98. The van der Waals surface area contributed by atoms with Crippen LogP contribution in [0.25, 0.3) is 0 Å². The van der Waals surface area contributed by atoms with Gasteiger partial charge in [-0.25, -0.2) is 0 Å². The van der Waals surface area contributed by atoms with Crippen LogP contribution >= 0.6 is 35.6 Å². The number of likely N-dealkylation sites (tertiary alicyclic amines) is 2. The number of aliphatic imine (C=N–C) groups is 1. The molecule has 1 N–H and O–H groups in total. The fourth-order valence-corrected chi connectivity index (χ4v) is 4.94. The molecule has 2 aliphatic heterocycles. The molecule has 3 rings (SSSR count). The van der Waals surface area contributed by atoms with E-state index in [-0.39, 0.29) is 24.0 Å². The van der Waals surface area contributed by atoms with E-state index >= 15 is 0 Å². The van der Waals surface area contributed by atoms with Crippen molar-refractivity contribution in [3.8, 4) is 0 Å². The molecule has 3 unspecified atom stereocenters. The topological polar surface area (TPSA) is 40.1 Å². The maximum atomic E-state index is 6.29. The lowest BCUT2D eigenvalue weighted by Gasteiger charge is -2.39. The second-order valence-corrected chi connectivity index (χ2v) is 8.77. The molecule has 3 atom stereocenters. The van der Waals surface area contributed by atoms with Crippen molar-refractivity contribution in [3.63, 3.8) is 0 Å². The van der Waals surface area contributed by atoms with Gasteiger partial charge in [-0.3, -0.25) is 9.89 Å². The molecule has 170 valence electrons. The Morgan fingerprint density at radius 3 is 2.83 bits per heavy atom. The van der Waals surface area contributed by atoms with Gasteiger partial charge in [-0.1, -0.05) is 23.7 Å². The summed E-state index contributed by atoms with van der Waals surface area (Å²) >= 11 is 6.29. The summed E-state index contributed by atoms with van der Waals surface area (Å²) in [6, 6.07) is 8.72. The van der Waals surface area contributed by atoms with E-state index in [9.17, 15) is 0 Å². The molecule has 0 spiro atoms. The van der Waals surface area contributed by atoms with Crippen LogP contribution in [-0.2, 0) is 4.74 Å². The molecule has 5 nitrogen and oxygen atoms in total. The van der Waals surface area contributed by atoms with Gasteiger partial charge in [-0.05, 0) is 70.3 Å². The van der Waals surface area contributed by atoms with E-state index in [1.807, 2.05) is 6.07 Å². The van der Waals surface area contributed by atoms with Gasteiger partial charge < -0.3 is 15.0 Å². The van der Waals surface area contributed by atoms with E-state index in [1.165, 1.54) is 24.8 Å². The minimum absolute atomic E-state index is 0. The molecule has 30 heavy (non-hydrogen) atoms. The molecular formula is C23H38ClIN4O. The number of hydrogen-bond acceptors (Lipinski definition) is 3. The number of halogens is 2. The molecule has 0 amide bonds. The van der Waals surface area contributed by atoms with Crippen molar-refractivity contribution in [1.82, 2.24) is 15.1 Å². The average Bonchev–Trinajstić information content (AvgIpc) is 3.18. The van der Waals surface area contributed by atoms with Crippen LogP contribution in [0.5, 0.6) is 0 Å². The van der Waals surface area contributed by atoms with E-state index in [4.69, 9.17) is 21.3 Å². The second kappa shape index (κ2) is 13.1. The van der Waals surface area contributed by atoms with Gasteiger partial charge in [-0.15, -0.1) is 24.0 Å². The first-order valence-electron chi connectivity index (χ1n) is 11.2. The van der Waals surface area contributed by atoms with Crippen LogP contribution in [0.15, 0.2) is 29.3 Å². The van der Waals surface area contributed by atoms with Crippen molar-refractivity contribution in [2.24, 2.45) is 16.8 Å². The lowest BCUT2D eigenvalue weighted by atomic mass is 9.85. The van der Waals surface area contributed by atoms with E-state index in [2.05, 4.69) is 54.2 Å². The minimum atomic E-state index is 0. The Hall–Kier alpha value is -0.570. The largest absolute Gasteiger partial charge is 0.381 e. The highest BCUT2D eigenvalue weighted by Crippen LogP contribution is 2.36. The molecule has 0 aliphatic carbocycles. The van der Waals surface area contributed by atoms with Crippen molar-refractivity contribution in [2.45, 2.75) is 39.2 Å². The number of ether oxygens (including phenoxy) is 1. The van der Waals surface area contributed by atoms with Gasteiger partial charge in [0.2, 0.25) is 0 Å². The zero-order valence-electron chi connectivity index (χ0n) is 18.6. The van der Waals surface area contributed by atoms with Gasteiger partial charge in [0.15, 0.2) is 5.96 Å². The fourth-order valence-electron chi connectivity index (χ4n) is 4.74. The van der Waals surface area contributed by atoms with Crippen LogP contribution in [0.3, 0.4) is 0 Å². The molecular weight excluding hydrogens is 511 g/mol. The molecule has 2 heterocycles. The van der Waals surface area contributed by atoms with E-state index in [0.717, 1.165) is 56.9 Å². The Morgan fingerprint density at radius 2 is 2.10 bits per heavy atom. The van der Waals surface area contributed by atoms with E-state index in [0.29, 0.717) is 17.9 Å². The lowest BCUT2D eigenvalue weighted by molar-refractivity contribution is 0.114. The zero-order chi connectivity index (χ0) is 20.6. The standard InChI is InChI=1S/C23H37ClN4O.HI/c1-4-25-23(28-13-11-18(16-28)17-29-5-2)26-15-20-9-7-12-27(3)22(20)19-8-6-10-21(24)14-19;/h6,8,10,14,18,20,22H,4-5,7,9,11-13,15-17H2,1-3H3,(H,25,26);1H. The van der Waals surface area contributed by atoms with E-state index < -0.39 is 0 Å². The molecule has 7 heteroatoms. The van der Waals surface area contributed by atoms with Gasteiger partial charge in [0.25, 0.3) is 0 Å². The predicted octanol–water partition coefficient (Wildman–Crippen LogP) is 4.66. The quantitative estimate of drug-likeness (QED) is 0.306. The highest BCUT2D eigenvalue weighted by Gasteiger charge is 2.31. The Morgan fingerprint density at radius 1 is 1.27 bits per heavy atom. The average molecular weight is 549 g/mol. The maximum absolute atomic E-state index is 6.29. The smallest absolute Gasteiger partial charge is 0.193 e. The third kappa shape index (κ3) is 6.97. The first kappa shape index (κ1) is 25.7. The summed E-state index contributed by atoms with van der Waals surface area (Å²) in [5.74, 6) is 2.17. The SMILES string of the molecule is CCNC(=NCC1CCCN(C)C1c1cccc(Cl)c1)N1CCC(COCC)C1.I. The van der Waals surface area contributed by atoms with Crippen molar-refractivity contribution in [3.05, 3.63) is 34.9 Å². The molecule has 1 aromatic carbocycles. The Kier molecular flexibility index (Phi) is 11.2. The number of rotatable bonds is 7. The van der Waals surface area contributed by atoms with Crippen molar-refractivity contribution < 1.29 is 4.74 Å². The lowest BCUT2D eigenvalue weighted by Crippen LogP contribution is -2.42. The number of piperidine rings is 1. The Balaban J connectivity index is 0.00000320. The molecule has 0 aromatic heterocycles. The molecule has 2 saturated heterocycles. The van der Waals surface area contributed by atoms with Crippen molar-refractivity contribution >= 4 is 41.5 Å². The second-order valence-electron chi connectivity index (χ2n) is 8.34. The number of guanidine groups is 1. The first-order valence-corrected chi connectivity index (χ1v) is 11.6. The number of nitrogens with zero attached hydrogens (tertiary/aromatic N) is 3. The van der Waals surface area contributed by atoms with Crippen LogP contribution in [0.2, 0.25) is 5.02 Å². The zero-order valence-corrected chi connectivity index (χ0v) is 21.7. The molecule has 0 bridgehead atoms. The summed E-state index contributed by atoms with van der Waals surface area (Å²) in [7, 11) is 2.23. The minimum Gasteiger partial charge on any atom is -0.381 e. The van der Waals surface area contributed by atoms with Crippen molar-refractivity contribution in [1.29, 1.82) is 0 Å².